The minimum Gasteiger partial charge on any atom is -0.351 e. The molecule has 3 N–H and O–H groups in total. The highest BCUT2D eigenvalue weighted by Gasteiger charge is 2.17. The van der Waals surface area contributed by atoms with Crippen molar-refractivity contribution in [3.8, 4) is 11.3 Å². The molecule has 0 aliphatic rings. The fourth-order valence-corrected chi connectivity index (χ4v) is 2.68. The summed E-state index contributed by atoms with van der Waals surface area (Å²) in [6.07, 6.45) is 6.88. The number of aryl methyl sites for hydroxylation is 1. The van der Waals surface area contributed by atoms with Gasteiger partial charge in [-0.3, -0.25) is 10.00 Å². The highest BCUT2D eigenvalue weighted by molar-refractivity contribution is 5.86. The summed E-state index contributed by atoms with van der Waals surface area (Å²) in [5.74, 6) is 0.376. The maximum atomic E-state index is 10.9. The molecule has 0 saturated carbocycles. The second-order valence-electron chi connectivity index (χ2n) is 5.98. The molecule has 27 heavy (non-hydrogen) atoms. The second-order valence-corrected chi connectivity index (χ2v) is 5.98. The first-order valence-electron chi connectivity index (χ1n) is 8.10. The van der Waals surface area contributed by atoms with Crippen LogP contribution in [0.3, 0.4) is 0 Å². The molecule has 4 aromatic rings. The molecule has 1 atom stereocenters. The van der Waals surface area contributed by atoms with Gasteiger partial charge in [-0.1, -0.05) is 11.3 Å². The highest BCUT2D eigenvalue weighted by Crippen LogP contribution is 2.22. The van der Waals surface area contributed by atoms with Gasteiger partial charge in [-0.2, -0.15) is 5.10 Å². The van der Waals surface area contributed by atoms with Crippen molar-refractivity contribution in [2.75, 3.05) is 5.32 Å². The number of anilines is 1. The van der Waals surface area contributed by atoms with E-state index < -0.39 is 6.03 Å². The molecule has 0 bridgehead atoms. The Morgan fingerprint density at radius 3 is 2.74 bits per heavy atom. The van der Waals surface area contributed by atoms with Gasteiger partial charge in [0.05, 0.1) is 24.1 Å². The Morgan fingerprint density at radius 1 is 1.22 bits per heavy atom. The number of pyridine rings is 1. The van der Waals surface area contributed by atoms with Crippen molar-refractivity contribution in [3.05, 3.63) is 42.5 Å². The smallest absolute Gasteiger partial charge is 0.317 e. The Balaban J connectivity index is 1.69. The first kappa shape index (κ1) is 16.6. The number of hydrogen-bond donors (Lipinski definition) is 2. The van der Waals surface area contributed by atoms with Gasteiger partial charge in [-0.15, -0.1) is 5.10 Å². The minimum absolute atomic E-state index is 0.191. The van der Waals surface area contributed by atoms with Gasteiger partial charge in [0.2, 0.25) is 5.65 Å². The lowest BCUT2D eigenvalue weighted by Gasteiger charge is -2.12. The lowest BCUT2D eigenvalue weighted by atomic mass is 10.1. The van der Waals surface area contributed by atoms with Crippen molar-refractivity contribution in [1.82, 2.24) is 39.7 Å². The van der Waals surface area contributed by atoms with E-state index >= 15 is 0 Å². The van der Waals surface area contributed by atoms with Crippen LogP contribution >= 0.6 is 0 Å². The molecule has 1 unspecified atom stereocenters. The van der Waals surface area contributed by atoms with Crippen molar-refractivity contribution in [2.45, 2.75) is 13.0 Å². The van der Waals surface area contributed by atoms with Gasteiger partial charge < -0.3 is 5.73 Å². The molecule has 11 nitrogen and oxygen atoms in total. The topological polar surface area (TPSA) is 142 Å². The fourth-order valence-electron chi connectivity index (χ4n) is 2.68. The molecule has 4 heterocycles. The summed E-state index contributed by atoms with van der Waals surface area (Å²) >= 11 is 0. The first-order chi connectivity index (χ1) is 13.0. The van der Waals surface area contributed by atoms with E-state index in [4.69, 9.17) is 5.73 Å². The van der Waals surface area contributed by atoms with Crippen LogP contribution < -0.4 is 11.1 Å². The summed E-state index contributed by atoms with van der Waals surface area (Å²) < 4.78 is 3.38. The summed E-state index contributed by atoms with van der Waals surface area (Å²) in [5.41, 5.74) is 8.51. The van der Waals surface area contributed by atoms with Crippen LogP contribution in [0.5, 0.6) is 0 Å². The van der Waals surface area contributed by atoms with Gasteiger partial charge in [0.15, 0.2) is 5.65 Å². The molecule has 4 aromatic heterocycles. The monoisotopic (exact) mass is 364 g/mol. The SMILES string of the molecule is CC(c1ccc(NC(N)=O)nc1)n1nnc2ncc(-c3cnn(C)c3)nc21. The van der Waals surface area contributed by atoms with Crippen molar-refractivity contribution in [1.29, 1.82) is 0 Å². The lowest BCUT2D eigenvalue weighted by molar-refractivity contribution is 0.259. The molecule has 2 amide bonds. The van der Waals surface area contributed by atoms with E-state index in [0.717, 1.165) is 11.1 Å². The van der Waals surface area contributed by atoms with Crippen LogP contribution in [0.25, 0.3) is 22.6 Å². The predicted molar refractivity (Wildman–Crippen MR) is 96.6 cm³/mol. The third-order valence-corrected chi connectivity index (χ3v) is 4.08. The van der Waals surface area contributed by atoms with Gasteiger partial charge in [0.1, 0.15) is 5.82 Å². The van der Waals surface area contributed by atoms with E-state index in [2.05, 4.69) is 35.7 Å². The molecule has 0 spiro atoms. The van der Waals surface area contributed by atoms with Gasteiger partial charge in [-0.05, 0) is 18.6 Å². The molecule has 0 fully saturated rings. The second kappa shape index (κ2) is 6.44. The minimum atomic E-state index is -0.663. The summed E-state index contributed by atoms with van der Waals surface area (Å²) in [5, 5.41) is 14.9. The van der Waals surface area contributed by atoms with Gasteiger partial charge >= 0.3 is 6.03 Å². The average Bonchev–Trinajstić information content (AvgIpc) is 3.27. The number of carbonyl (C=O) groups excluding carboxylic acids is 1. The predicted octanol–water partition coefficient (Wildman–Crippen LogP) is 1.12. The Kier molecular flexibility index (Phi) is 3.95. The largest absolute Gasteiger partial charge is 0.351 e. The molecular weight excluding hydrogens is 348 g/mol. The van der Waals surface area contributed by atoms with Crippen LogP contribution in [0.1, 0.15) is 18.5 Å². The van der Waals surface area contributed by atoms with Gasteiger partial charge in [0, 0.05) is 25.0 Å². The number of urea groups is 1. The number of rotatable bonds is 4. The third-order valence-electron chi connectivity index (χ3n) is 4.08. The van der Waals surface area contributed by atoms with Crippen LogP contribution in [0.2, 0.25) is 0 Å². The molecule has 0 radical (unpaired) electrons. The summed E-state index contributed by atoms with van der Waals surface area (Å²) in [6.45, 7) is 1.95. The van der Waals surface area contributed by atoms with Crippen LogP contribution in [-0.4, -0.2) is 45.8 Å². The number of fused-ring (bicyclic) bond motifs is 1. The van der Waals surface area contributed by atoms with Crippen LogP contribution in [0.4, 0.5) is 10.6 Å². The summed E-state index contributed by atoms with van der Waals surface area (Å²) in [7, 11) is 1.84. The summed E-state index contributed by atoms with van der Waals surface area (Å²) in [6, 6.07) is 2.64. The third kappa shape index (κ3) is 3.17. The quantitative estimate of drug-likeness (QED) is 0.552. The molecule has 0 aliphatic carbocycles. The van der Waals surface area contributed by atoms with Crippen LogP contribution in [0.15, 0.2) is 36.9 Å². The van der Waals surface area contributed by atoms with Gasteiger partial charge in [-0.25, -0.2) is 24.4 Å². The summed E-state index contributed by atoms with van der Waals surface area (Å²) in [4.78, 5) is 24.1. The number of nitrogens with two attached hydrogens (primary N) is 1. The number of hydrogen-bond acceptors (Lipinski definition) is 7. The van der Waals surface area contributed by atoms with E-state index in [1.807, 2.05) is 26.2 Å². The van der Waals surface area contributed by atoms with E-state index in [0.29, 0.717) is 22.8 Å². The van der Waals surface area contributed by atoms with Crippen LogP contribution in [-0.2, 0) is 7.05 Å². The average molecular weight is 364 g/mol. The zero-order valence-electron chi connectivity index (χ0n) is 14.6. The maximum absolute atomic E-state index is 10.9. The number of nitrogens with one attached hydrogen (secondary N) is 1. The number of nitrogens with zero attached hydrogens (tertiary/aromatic N) is 8. The Morgan fingerprint density at radius 2 is 2.07 bits per heavy atom. The highest BCUT2D eigenvalue weighted by atomic mass is 16.2. The molecule has 4 rings (SSSR count). The standard InChI is InChI=1S/C16H16N10O/c1-9(10-3-4-13(18-5-10)22-16(17)27)26-15-14(23-24-26)19-7-12(21-15)11-6-20-25(2)8-11/h3-9H,1-2H3,(H3,17,18,22,27). The lowest BCUT2D eigenvalue weighted by Crippen LogP contribution is -2.20. The number of carbonyl (C=O) groups is 1. The van der Waals surface area contributed by atoms with E-state index in [-0.39, 0.29) is 6.04 Å². The van der Waals surface area contributed by atoms with Gasteiger partial charge in [0.25, 0.3) is 0 Å². The zero-order chi connectivity index (χ0) is 19.0. The Labute approximate surface area is 153 Å². The molecule has 0 saturated heterocycles. The van der Waals surface area contributed by atoms with E-state index in [9.17, 15) is 4.79 Å². The first-order valence-corrected chi connectivity index (χ1v) is 8.10. The number of aromatic nitrogens is 8. The Hall–Kier alpha value is -3.89. The van der Waals surface area contributed by atoms with E-state index in [1.54, 1.807) is 34.0 Å². The number of primary amides is 1. The maximum Gasteiger partial charge on any atom is 0.317 e. The van der Waals surface area contributed by atoms with Crippen molar-refractivity contribution in [3.63, 3.8) is 0 Å². The zero-order valence-corrected chi connectivity index (χ0v) is 14.6. The molecule has 136 valence electrons. The van der Waals surface area contributed by atoms with Crippen LogP contribution in [0, 0.1) is 0 Å². The number of amides is 2. The van der Waals surface area contributed by atoms with E-state index in [1.165, 1.54) is 0 Å². The van der Waals surface area contributed by atoms with Crippen molar-refractivity contribution in [2.24, 2.45) is 12.8 Å². The Bertz CT molecular complexity index is 1110. The molecular formula is C16H16N10O. The molecule has 0 aliphatic heterocycles. The van der Waals surface area contributed by atoms with Crippen molar-refractivity contribution >= 4 is 23.1 Å². The normalized spacial score (nSPS) is 12.2. The fraction of sp³-hybridized carbons (Fsp3) is 0.188. The van der Waals surface area contributed by atoms with Crippen molar-refractivity contribution < 1.29 is 4.79 Å². The molecule has 0 aromatic carbocycles. The molecule has 11 heteroatoms.